The quantitative estimate of drug-likeness (QED) is 0.849. The van der Waals surface area contributed by atoms with Crippen molar-refractivity contribution in [3.8, 4) is 5.75 Å². The predicted octanol–water partition coefficient (Wildman–Crippen LogP) is 3.82. The number of carbonyl (C=O) groups excluding carboxylic acids is 1. The SMILES string of the molecule is COc1cccc(C2=CC(c3ccco3)CC(=O)C2)c1. The van der Waals surface area contributed by atoms with Gasteiger partial charge in [0, 0.05) is 18.8 Å². The minimum Gasteiger partial charge on any atom is -0.497 e. The lowest BCUT2D eigenvalue weighted by molar-refractivity contribution is -0.118. The van der Waals surface area contributed by atoms with Crippen LogP contribution in [-0.2, 0) is 4.79 Å². The van der Waals surface area contributed by atoms with Crippen molar-refractivity contribution >= 4 is 11.4 Å². The molecule has 1 aromatic carbocycles. The average molecular weight is 268 g/mol. The van der Waals surface area contributed by atoms with E-state index in [4.69, 9.17) is 9.15 Å². The molecule has 1 heterocycles. The van der Waals surface area contributed by atoms with E-state index in [0.717, 1.165) is 22.6 Å². The summed E-state index contributed by atoms with van der Waals surface area (Å²) in [5, 5.41) is 0. The number of hydrogen-bond acceptors (Lipinski definition) is 3. The number of carbonyl (C=O) groups is 1. The van der Waals surface area contributed by atoms with Gasteiger partial charge in [-0.3, -0.25) is 4.79 Å². The molecular weight excluding hydrogens is 252 g/mol. The maximum Gasteiger partial charge on any atom is 0.138 e. The van der Waals surface area contributed by atoms with Crippen molar-refractivity contribution < 1.29 is 13.9 Å². The van der Waals surface area contributed by atoms with Crippen LogP contribution >= 0.6 is 0 Å². The molecule has 1 unspecified atom stereocenters. The molecule has 3 heteroatoms. The lowest BCUT2D eigenvalue weighted by atomic mass is 9.85. The van der Waals surface area contributed by atoms with E-state index in [1.807, 2.05) is 36.4 Å². The molecule has 0 saturated carbocycles. The maximum absolute atomic E-state index is 12.0. The average Bonchev–Trinajstić information content (AvgIpc) is 3.01. The topological polar surface area (TPSA) is 39.4 Å². The Morgan fingerprint density at radius 3 is 2.90 bits per heavy atom. The smallest absolute Gasteiger partial charge is 0.138 e. The predicted molar refractivity (Wildman–Crippen MR) is 76.7 cm³/mol. The molecule has 0 spiro atoms. The molecule has 3 nitrogen and oxygen atoms in total. The van der Waals surface area contributed by atoms with Gasteiger partial charge in [-0.05, 0) is 35.4 Å². The zero-order chi connectivity index (χ0) is 13.9. The summed E-state index contributed by atoms with van der Waals surface area (Å²) < 4.78 is 10.7. The minimum absolute atomic E-state index is 0.0347. The van der Waals surface area contributed by atoms with Gasteiger partial charge in [0.15, 0.2) is 0 Å². The van der Waals surface area contributed by atoms with Crippen molar-refractivity contribution in [3.63, 3.8) is 0 Å². The molecule has 1 atom stereocenters. The lowest BCUT2D eigenvalue weighted by Gasteiger charge is -2.19. The molecule has 0 radical (unpaired) electrons. The third-order valence-corrected chi connectivity index (χ3v) is 3.59. The third kappa shape index (κ3) is 2.52. The lowest BCUT2D eigenvalue weighted by Crippen LogP contribution is -2.12. The van der Waals surface area contributed by atoms with Gasteiger partial charge in [-0.1, -0.05) is 18.2 Å². The van der Waals surface area contributed by atoms with E-state index in [-0.39, 0.29) is 11.7 Å². The molecule has 0 N–H and O–H groups in total. The molecule has 0 amide bonds. The number of allylic oxidation sites excluding steroid dienone is 2. The first-order valence-electron chi connectivity index (χ1n) is 6.66. The Kier molecular flexibility index (Phi) is 3.42. The van der Waals surface area contributed by atoms with Crippen molar-refractivity contribution in [2.45, 2.75) is 18.8 Å². The van der Waals surface area contributed by atoms with Crippen molar-refractivity contribution in [2.24, 2.45) is 0 Å². The summed E-state index contributed by atoms with van der Waals surface area (Å²) in [6.45, 7) is 0. The van der Waals surface area contributed by atoms with Crippen LogP contribution in [0.5, 0.6) is 5.75 Å². The number of rotatable bonds is 3. The summed E-state index contributed by atoms with van der Waals surface area (Å²) in [5.41, 5.74) is 2.08. The zero-order valence-electron chi connectivity index (χ0n) is 11.3. The summed E-state index contributed by atoms with van der Waals surface area (Å²) in [5.74, 6) is 1.92. The number of ketones is 1. The van der Waals surface area contributed by atoms with Crippen molar-refractivity contribution in [2.75, 3.05) is 7.11 Å². The van der Waals surface area contributed by atoms with E-state index < -0.39 is 0 Å². The number of furan rings is 1. The molecule has 20 heavy (non-hydrogen) atoms. The van der Waals surface area contributed by atoms with E-state index in [9.17, 15) is 4.79 Å². The summed E-state index contributed by atoms with van der Waals surface area (Å²) in [6.07, 6.45) is 4.77. The van der Waals surface area contributed by atoms with Crippen molar-refractivity contribution in [3.05, 3.63) is 60.1 Å². The van der Waals surface area contributed by atoms with Crippen LogP contribution in [0.4, 0.5) is 0 Å². The molecule has 0 aliphatic heterocycles. The Labute approximate surface area is 117 Å². The highest BCUT2D eigenvalue weighted by molar-refractivity contribution is 5.93. The number of benzene rings is 1. The Bertz CT molecular complexity index is 638. The maximum atomic E-state index is 12.0. The van der Waals surface area contributed by atoms with E-state index in [2.05, 4.69) is 6.08 Å². The van der Waals surface area contributed by atoms with Gasteiger partial charge in [-0.15, -0.1) is 0 Å². The van der Waals surface area contributed by atoms with E-state index >= 15 is 0 Å². The van der Waals surface area contributed by atoms with Crippen LogP contribution in [0.2, 0.25) is 0 Å². The molecule has 1 aromatic heterocycles. The van der Waals surface area contributed by atoms with Gasteiger partial charge in [0.2, 0.25) is 0 Å². The first-order valence-corrected chi connectivity index (χ1v) is 6.66. The fourth-order valence-corrected chi connectivity index (χ4v) is 2.60. The molecule has 1 aliphatic carbocycles. The first kappa shape index (κ1) is 12.7. The molecule has 0 saturated heterocycles. The van der Waals surface area contributed by atoms with E-state index in [1.54, 1.807) is 13.4 Å². The highest BCUT2D eigenvalue weighted by Crippen LogP contribution is 2.34. The summed E-state index contributed by atoms with van der Waals surface area (Å²) in [4.78, 5) is 12.0. The van der Waals surface area contributed by atoms with Gasteiger partial charge < -0.3 is 9.15 Å². The molecule has 0 fully saturated rings. The highest BCUT2D eigenvalue weighted by Gasteiger charge is 2.23. The summed E-state index contributed by atoms with van der Waals surface area (Å²) in [6, 6.07) is 11.6. The monoisotopic (exact) mass is 268 g/mol. The zero-order valence-corrected chi connectivity index (χ0v) is 11.3. The molecule has 3 rings (SSSR count). The number of ether oxygens (including phenoxy) is 1. The third-order valence-electron chi connectivity index (χ3n) is 3.59. The Hall–Kier alpha value is -2.29. The Balaban J connectivity index is 1.96. The number of Topliss-reactive ketones (excluding diaryl/α,β-unsaturated/α-hetero) is 1. The van der Waals surface area contributed by atoms with Crippen LogP contribution in [0.25, 0.3) is 5.57 Å². The second-order valence-corrected chi connectivity index (χ2v) is 4.97. The molecule has 2 aromatic rings. The highest BCUT2D eigenvalue weighted by atomic mass is 16.5. The van der Waals surface area contributed by atoms with Crippen LogP contribution in [-0.4, -0.2) is 12.9 Å². The second-order valence-electron chi connectivity index (χ2n) is 4.97. The Morgan fingerprint density at radius 1 is 1.25 bits per heavy atom. The molecule has 0 bridgehead atoms. The van der Waals surface area contributed by atoms with Gasteiger partial charge in [0.25, 0.3) is 0 Å². The first-order chi connectivity index (χ1) is 9.76. The van der Waals surface area contributed by atoms with E-state index in [1.165, 1.54) is 0 Å². The molecule has 102 valence electrons. The number of methoxy groups -OCH3 is 1. The van der Waals surface area contributed by atoms with Crippen molar-refractivity contribution in [1.82, 2.24) is 0 Å². The summed E-state index contributed by atoms with van der Waals surface area (Å²) >= 11 is 0. The van der Waals surface area contributed by atoms with Gasteiger partial charge in [-0.2, -0.15) is 0 Å². The van der Waals surface area contributed by atoms with Crippen molar-refractivity contribution in [1.29, 1.82) is 0 Å². The Morgan fingerprint density at radius 2 is 2.15 bits per heavy atom. The van der Waals surface area contributed by atoms with Crippen LogP contribution in [0, 0.1) is 0 Å². The fourth-order valence-electron chi connectivity index (χ4n) is 2.60. The second kappa shape index (κ2) is 5.37. The van der Waals surface area contributed by atoms with Crippen LogP contribution in [0.3, 0.4) is 0 Å². The van der Waals surface area contributed by atoms with Crippen LogP contribution in [0.1, 0.15) is 30.1 Å². The summed E-state index contributed by atoms with van der Waals surface area (Å²) in [7, 11) is 1.64. The molecular formula is C17H16O3. The largest absolute Gasteiger partial charge is 0.497 e. The number of hydrogen-bond donors (Lipinski definition) is 0. The van der Waals surface area contributed by atoms with Gasteiger partial charge in [0.05, 0.1) is 13.4 Å². The van der Waals surface area contributed by atoms with Crippen LogP contribution in [0.15, 0.2) is 53.2 Å². The standard InChI is InChI=1S/C17H16O3/c1-19-16-5-2-4-12(11-16)13-8-14(10-15(18)9-13)17-6-3-7-20-17/h2-8,11,14H,9-10H2,1H3. The fraction of sp³-hybridized carbons (Fsp3) is 0.235. The van der Waals surface area contributed by atoms with Gasteiger partial charge in [0.1, 0.15) is 17.3 Å². The normalized spacial score (nSPS) is 18.8. The van der Waals surface area contributed by atoms with Crippen LogP contribution < -0.4 is 4.74 Å². The molecule has 1 aliphatic rings. The van der Waals surface area contributed by atoms with E-state index in [0.29, 0.717) is 12.8 Å². The minimum atomic E-state index is 0.0347. The van der Waals surface area contributed by atoms with Gasteiger partial charge >= 0.3 is 0 Å². The van der Waals surface area contributed by atoms with Gasteiger partial charge in [-0.25, -0.2) is 0 Å².